The molecule has 0 saturated carbocycles. The van der Waals surface area contributed by atoms with E-state index >= 15 is 0 Å². The summed E-state index contributed by atoms with van der Waals surface area (Å²) in [6, 6.07) is 9.71. The van der Waals surface area contributed by atoms with Crippen LogP contribution in [0.1, 0.15) is 11.3 Å². The molecule has 100 valence electrons. The predicted molar refractivity (Wildman–Crippen MR) is 76.1 cm³/mol. The Morgan fingerprint density at radius 2 is 2.16 bits per heavy atom. The molecule has 19 heavy (non-hydrogen) atoms. The fourth-order valence-corrected chi connectivity index (χ4v) is 2.86. The maximum absolute atomic E-state index is 11.3. The molecule has 1 aromatic carbocycles. The Kier molecular flexibility index (Phi) is 4.63. The first kappa shape index (κ1) is 13.7. The molecule has 1 atom stereocenters. The number of imidazole rings is 1. The number of nitrogens with zero attached hydrogens (tertiary/aromatic N) is 2. The molecule has 1 aromatic heterocycles. The van der Waals surface area contributed by atoms with Crippen LogP contribution in [0, 0.1) is 0 Å². The molecule has 0 aliphatic rings. The highest BCUT2D eigenvalue weighted by molar-refractivity contribution is 7.99. The summed E-state index contributed by atoms with van der Waals surface area (Å²) in [5.74, 6) is -0.114. The Bertz CT molecular complexity index is 539. The van der Waals surface area contributed by atoms with Crippen LogP contribution in [0.2, 0.25) is 0 Å². The van der Waals surface area contributed by atoms with E-state index in [1.807, 2.05) is 41.9 Å². The number of aromatic nitrogens is 2. The first-order valence-electron chi connectivity index (χ1n) is 6.00. The van der Waals surface area contributed by atoms with E-state index in [4.69, 9.17) is 0 Å². The molecule has 4 nitrogen and oxygen atoms in total. The van der Waals surface area contributed by atoms with Crippen molar-refractivity contribution in [2.24, 2.45) is 7.05 Å². The minimum Gasteiger partial charge on any atom is -0.480 e. The maximum atomic E-state index is 11.3. The second-order valence-corrected chi connectivity index (χ2v) is 5.51. The second-order valence-electron chi connectivity index (χ2n) is 4.32. The third-order valence-corrected chi connectivity index (χ3v) is 4.12. The van der Waals surface area contributed by atoms with Gasteiger partial charge in [0.15, 0.2) is 0 Å². The number of carboxylic acids is 1. The van der Waals surface area contributed by atoms with Gasteiger partial charge in [0.05, 0.1) is 6.33 Å². The molecule has 0 aliphatic heterocycles. The van der Waals surface area contributed by atoms with Gasteiger partial charge in [0.25, 0.3) is 0 Å². The van der Waals surface area contributed by atoms with Crippen LogP contribution in [-0.2, 0) is 24.0 Å². The van der Waals surface area contributed by atoms with Crippen LogP contribution in [0.3, 0.4) is 0 Å². The van der Waals surface area contributed by atoms with Crippen LogP contribution >= 0.6 is 11.8 Å². The molecule has 5 heteroatoms. The fourth-order valence-electron chi connectivity index (χ4n) is 1.76. The van der Waals surface area contributed by atoms with Gasteiger partial charge in [-0.2, -0.15) is 0 Å². The van der Waals surface area contributed by atoms with Gasteiger partial charge >= 0.3 is 5.97 Å². The van der Waals surface area contributed by atoms with Crippen LogP contribution in [0.5, 0.6) is 0 Å². The summed E-state index contributed by atoms with van der Waals surface area (Å²) in [7, 11) is 1.91. The Balaban J connectivity index is 1.97. The number of hydrogen-bond donors (Lipinski definition) is 1. The van der Waals surface area contributed by atoms with Gasteiger partial charge in [0.2, 0.25) is 0 Å². The van der Waals surface area contributed by atoms with Crippen molar-refractivity contribution in [3.63, 3.8) is 0 Å². The molecular formula is C14H16N2O2S. The molecular weight excluding hydrogens is 260 g/mol. The molecule has 1 heterocycles. The molecule has 2 rings (SSSR count). The van der Waals surface area contributed by atoms with Crippen molar-refractivity contribution in [2.75, 3.05) is 0 Å². The number of carbonyl (C=O) groups is 1. The first-order valence-corrected chi connectivity index (χ1v) is 7.05. The summed E-state index contributed by atoms with van der Waals surface area (Å²) in [5.41, 5.74) is 2.08. The van der Waals surface area contributed by atoms with Crippen LogP contribution in [0.15, 0.2) is 42.9 Å². The molecule has 2 aromatic rings. The molecule has 0 fully saturated rings. The lowest BCUT2D eigenvalue weighted by atomic mass is 10.1. The van der Waals surface area contributed by atoms with E-state index in [-0.39, 0.29) is 0 Å². The van der Waals surface area contributed by atoms with Crippen molar-refractivity contribution in [3.05, 3.63) is 54.1 Å². The first-order chi connectivity index (χ1) is 9.16. The zero-order valence-corrected chi connectivity index (χ0v) is 11.5. The molecule has 1 unspecified atom stereocenters. The highest BCUT2D eigenvalue weighted by atomic mass is 32.2. The van der Waals surface area contributed by atoms with Gasteiger partial charge in [-0.1, -0.05) is 30.3 Å². The quantitative estimate of drug-likeness (QED) is 0.880. The van der Waals surface area contributed by atoms with Gasteiger partial charge in [-0.25, -0.2) is 4.98 Å². The lowest BCUT2D eigenvalue weighted by molar-refractivity contribution is -0.136. The van der Waals surface area contributed by atoms with Crippen molar-refractivity contribution in [1.29, 1.82) is 0 Å². The smallest absolute Gasteiger partial charge is 0.316 e. The maximum Gasteiger partial charge on any atom is 0.316 e. The largest absolute Gasteiger partial charge is 0.480 e. The number of hydrogen-bond acceptors (Lipinski definition) is 3. The minimum atomic E-state index is -0.768. The van der Waals surface area contributed by atoms with Gasteiger partial charge in [-0.15, -0.1) is 11.8 Å². The number of thioether (sulfide) groups is 1. The normalized spacial score (nSPS) is 12.3. The molecule has 0 bridgehead atoms. The van der Waals surface area contributed by atoms with Gasteiger partial charge in [0.1, 0.15) is 5.25 Å². The summed E-state index contributed by atoms with van der Waals surface area (Å²) in [6.07, 6.45) is 4.04. The average molecular weight is 276 g/mol. The number of aliphatic carboxylic acids is 1. The zero-order chi connectivity index (χ0) is 13.7. The van der Waals surface area contributed by atoms with Gasteiger partial charge in [-0.05, 0) is 12.0 Å². The SMILES string of the molecule is Cn1cncc1CSC(Cc1ccccc1)C(=O)O. The number of carboxylic acid groups (broad SMARTS) is 1. The lowest BCUT2D eigenvalue weighted by Gasteiger charge is -2.12. The van der Waals surface area contributed by atoms with E-state index in [9.17, 15) is 9.90 Å². The average Bonchev–Trinajstić information content (AvgIpc) is 2.81. The highest BCUT2D eigenvalue weighted by Gasteiger charge is 2.19. The van der Waals surface area contributed by atoms with Crippen LogP contribution < -0.4 is 0 Å². The number of aryl methyl sites for hydroxylation is 1. The Morgan fingerprint density at radius 3 is 2.74 bits per heavy atom. The van der Waals surface area contributed by atoms with Crippen molar-refractivity contribution in [1.82, 2.24) is 9.55 Å². The van der Waals surface area contributed by atoms with E-state index in [0.29, 0.717) is 12.2 Å². The number of benzene rings is 1. The van der Waals surface area contributed by atoms with Crippen LogP contribution in [-0.4, -0.2) is 25.9 Å². The molecule has 0 radical (unpaired) electrons. The number of rotatable bonds is 6. The third-order valence-electron chi connectivity index (χ3n) is 2.89. The molecule has 0 spiro atoms. The monoisotopic (exact) mass is 276 g/mol. The standard InChI is InChI=1S/C14H16N2O2S/c1-16-10-15-8-12(16)9-19-13(14(17)18)7-11-5-3-2-4-6-11/h2-6,8,10,13H,7,9H2,1H3,(H,17,18). The van der Waals surface area contributed by atoms with E-state index in [0.717, 1.165) is 11.3 Å². The summed E-state index contributed by atoms with van der Waals surface area (Å²) >= 11 is 1.44. The Labute approximate surface area is 116 Å². The highest BCUT2D eigenvalue weighted by Crippen LogP contribution is 2.21. The van der Waals surface area contributed by atoms with E-state index in [2.05, 4.69) is 4.98 Å². The molecule has 1 N–H and O–H groups in total. The van der Waals surface area contributed by atoms with E-state index in [1.165, 1.54) is 11.8 Å². The minimum absolute atomic E-state index is 0.433. The lowest BCUT2D eigenvalue weighted by Crippen LogP contribution is -2.19. The van der Waals surface area contributed by atoms with Crippen molar-refractivity contribution in [2.45, 2.75) is 17.4 Å². The topological polar surface area (TPSA) is 55.1 Å². The van der Waals surface area contributed by atoms with Gasteiger partial charge in [-0.3, -0.25) is 4.79 Å². The Hall–Kier alpha value is -1.75. The van der Waals surface area contributed by atoms with E-state index in [1.54, 1.807) is 12.5 Å². The van der Waals surface area contributed by atoms with Crippen molar-refractivity contribution >= 4 is 17.7 Å². The van der Waals surface area contributed by atoms with Crippen molar-refractivity contribution < 1.29 is 9.90 Å². The van der Waals surface area contributed by atoms with E-state index < -0.39 is 11.2 Å². The molecule has 0 saturated heterocycles. The van der Waals surface area contributed by atoms with Crippen LogP contribution in [0.4, 0.5) is 0 Å². The summed E-state index contributed by atoms with van der Waals surface area (Å²) in [5, 5.41) is 8.86. The Morgan fingerprint density at radius 1 is 1.42 bits per heavy atom. The van der Waals surface area contributed by atoms with Gasteiger partial charge < -0.3 is 9.67 Å². The van der Waals surface area contributed by atoms with Crippen molar-refractivity contribution in [3.8, 4) is 0 Å². The summed E-state index contributed by atoms with van der Waals surface area (Å²) in [6.45, 7) is 0. The third kappa shape index (κ3) is 3.86. The summed E-state index contributed by atoms with van der Waals surface area (Å²) in [4.78, 5) is 15.3. The van der Waals surface area contributed by atoms with Gasteiger partial charge in [0, 0.05) is 24.7 Å². The fraction of sp³-hybridized carbons (Fsp3) is 0.286. The van der Waals surface area contributed by atoms with Crippen LogP contribution in [0.25, 0.3) is 0 Å². The summed E-state index contributed by atoms with van der Waals surface area (Å²) < 4.78 is 1.91. The second kappa shape index (κ2) is 6.43. The predicted octanol–water partition coefficient (Wildman–Crippen LogP) is 2.35. The molecule has 0 amide bonds. The zero-order valence-electron chi connectivity index (χ0n) is 10.7. The molecule has 0 aliphatic carbocycles.